The molecule has 1 aromatic rings. The number of rotatable bonds is 3. The Morgan fingerprint density at radius 3 is 2.92 bits per heavy atom. The highest BCUT2D eigenvalue weighted by Crippen LogP contribution is 2.04. The van der Waals surface area contributed by atoms with Gasteiger partial charge in [-0.3, -0.25) is 0 Å². The van der Waals surface area contributed by atoms with E-state index in [2.05, 4.69) is 15.9 Å². The molecule has 1 heterocycles. The minimum atomic E-state index is -3.31. The van der Waals surface area contributed by atoms with Gasteiger partial charge in [0.1, 0.15) is 0 Å². The van der Waals surface area contributed by atoms with E-state index in [9.17, 15) is 8.42 Å². The number of sulfone groups is 1. The standard InChI is InChI=1S/C8H8N2O2S/c1-2-3-6-13(11,12)8-7-9-4-5-10-8/h1,4-5,7H,3,6H2/p+1. The van der Waals surface area contributed by atoms with Crippen LogP contribution >= 0.6 is 0 Å². The molecule has 0 spiro atoms. The van der Waals surface area contributed by atoms with Crippen molar-refractivity contribution in [3.63, 3.8) is 0 Å². The Morgan fingerprint density at radius 2 is 2.38 bits per heavy atom. The molecule has 0 aliphatic heterocycles. The predicted molar refractivity (Wildman–Crippen MR) is 46.3 cm³/mol. The molecule has 0 saturated heterocycles. The SMILES string of the molecule is C#CCCS(=O)(=O)c1c[nH+]ccn1. The number of aromatic nitrogens is 2. The average Bonchev–Trinajstić information content (AvgIpc) is 2.16. The maximum absolute atomic E-state index is 11.4. The van der Waals surface area contributed by atoms with Gasteiger partial charge in [0.25, 0.3) is 0 Å². The lowest BCUT2D eigenvalue weighted by atomic mass is 10.5. The second-order valence-corrected chi connectivity index (χ2v) is 4.42. The monoisotopic (exact) mass is 197 g/mol. The lowest BCUT2D eigenvalue weighted by Gasteiger charge is -1.96. The van der Waals surface area contributed by atoms with Crippen molar-refractivity contribution >= 4 is 9.84 Å². The van der Waals surface area contributed by atoms with Crippen LogP contribution in [0.3, 0.4) is 0 Å². The smallest absolute Gasteiger partial charge is 0.219 e. The van der Waals surface area contributed by atoms with Crippen LogP contribution < -0.4 is 4.98 Å². The fourth-order valence-electron chi connectivity index (χ4n) is 0.778. The zero-order valence-corrected chi connectivity index (χ0v) is 7.71. The first-order chi connectivity index (χ1) is 6.17. The van der Waals surface area contributed by atoms with E-state index in [0.29, 0.717) is 0 Å². The third kappa shape index (κ3) is 2.53. The van der Waals surface area contributed by atoms with Gasteiger partial charge in [0.2, 0.25) is 21.1 Å². The number of hydrogen-bond acceptors (Lipinski definition) is 3. The van der Waals surface area contributed by atoms with Crippen LogP contribution in [0.25, 0.3) is 0 Å². The largest absolute Gasteiger partial charge is 0.233 e. The first-order valence-electron chi connectivity index (χ1n) is 3.65. The summed E-state index contributed by atoms with van der Waals surface area (Å²) < 4.78 is 22.8. The van der Waals surface area contributed by atoms with E-state index in [1.54, 1.807) is 6.20 Å². The summed E-state index contributed by atoms with van der Waals surface area (Å²) in [5.74, 6) is 2.22. The van der Waals surface area contributed by atoms with Crippen LogP contribution in [0, 0.1) is 12.3 Å². The van der Waals surface area contributed by atoms with Gasteiger partial charge in [-0.15, -0.1) is 12.3 Å². The van der Waals surface area contributed by atoms with Crippen LogP contribution in [0.15, 0.2) is 23.6 Å². The summed E-state index contributed by atoms with van der Waals surface area (Å²) in [6.07, 6.45) is 9.45. The molecule has 13 heavy (non-hydrogen) atoms. The number of aromatic amines is 1. The van der Waals surface area contributed by atoms with Gasteiger partial charge in [-0.05, 0) is 0 Å². The normalized spacial score (nSPS) is 10.7. The Kier molecular flexibility index (Phi) is 2.98. The minimum absolute atomic E-state index is 0.0326. The molecule has 0 aliphatic rings. The summed E-state index contributed by atoms with van der Waals surface area (Å²) in [6.45, 7) is 0. The van der Waals surface area contributed by atoms with Gasteiger partial charge < -0.3 is 0 Å². The third-order valence-corrected chi connectivity index (χ3v) is 3.02. The van der Waals surface area contributed by atoms with Gasteiger partial charge in [-0.1, -0.05) is 0 Å². The molecule has 0 atom stereocenters. The number of terminal acetylenes is 1. The van der Waals surface area contributed by atoms with Crippen LogP contribution in [-0.2, 0) is 9.84 Å². The van der Waals surface area contributed by atoms with Gasteiger partial charge in [0, 0.05) is 6.42 Å². The summed E-state index contributed by atoms with van der Waals surface area (Å²) in [7, 11) is -3.31. The molecule has 0 radical (unpaired) electrons. The zero-order chi connectivity index (χ0) is 9.73. The molecule has 0 bridgehead atoms. The number of nitrogens with one attached hydrogen (secondary N) is 1. The highest BCUT2D eigenvalue weighted by Gasteiger charge is 2.16. The summed E-state index contributed by atoms with van der Waals surface area (Å²) in [6, 6.07) is 0. The number of nitrogens with zero attached hydrogens (tertiary/aromatic N) is 1. The van der Waals surface area contributed by atoms with Crippen molar-refractivity contribution in [2.24, 2.45) is 0 Å². The van der Waals surface area contributed by atoms with Gasteiger partial charge in [-0.2, -0.15) is 0 Å². The van der Waals surface area contributed by atoms with Crippen LogP contribution in [0.4, 0.5) is 0 Å². The first-order valence-corrected chi connectivity index (χ1v) is 5.30. The summed E-state index contributed by atoms with van der Waals surface area (Å²) >= 11 is 0. The molecule has 0 unspecified atom stereocenters. The van der Waals surface area contributed by atoms with Crippen LogP contribution in [0.1, 0.15) is 6.42 Å². The van der Waals surface area contributed by atoms with E-state index in [1.165, 1.54) is 12.4 Å². The number of H-pyrrole nitrogens is 1. The van der Waals surface area contributed by atoms with Crippen molar-refractivity contribution in [3.8, 4) is 12.3 Å². The van der Waals surface area contributed by atoms with E-state index in [-0.39, 0.29) is 17.2 Å². The quantitative estimate of drug-likeness (QED) is 0.625. The minimum Gasteiger partial charge on any atom is -0.233 e. The van der Waals surface area contributed by atoms with E-state index >= 15 is 0 Å². The van der Waals surface area contributed by atoms with Crippen LogP contribution in [0.5, 0.6) is 0 Å². The molecule has 0 fully saturated rings. The third-order valence-electron chi connectivity index (χ3n) is 1.41. The van der Waals surface area contributed by atoms with Crippen LogP contribution in [0.2, 0.25) is 0 Å². The Morgan fingerprint density at radius 1 is 1.62 bits per heavy atom. The highest BCUT2D eigenvalue weighted by atomic mass is 32.2. The molecule has 1 aromatic heterocycles. The van der Waals surface area contributed by atoms with E-state index < -0.39 is 9.84 Å². The van der Waals surface area contributed by atoms with Gasteiger partial charge in [-0.25, -0.2) is 18.4 Å². The number of hydrogen-bond donors (Lipinski definition) is 0. The van der Waals surface area contributed by atoms with Crippen LogP contribution in [-0.4, -0.2) is 19.2 Å². The van der Waals surface area contributed by atoms with Gasteiger partial charge >= 0.3 is 0 Å². The molecule has 1 N–H and O–H groups in total. The Balaban J connectivity index is 2.90. The second kappa shape index (κ2) is 4.01. The van der Waals surface area contributed by atoms with E-state index in [1.807, 2.05) is 0 Å². The van der Waals surface area contributed by atoms with Crippen molar-refractivity contribution in [2.75, 3.05) is 5.75 Å². The molecule has 5 heteroatoms. The zero-order valence-electron chi connectivity index (χ0n) is 6.90. The predicted octanol–water partition coefficient (Wildman–Crippen LogP) is -0.307. The molecule has 68 valence electrons. The summed E-state index contributed by atoms with van der Waals surface area (Å²) in [4.78, 5) is 6.37. The maximum Gasteiger partial charge on any atom is 0.219 e. The van der Waals surface area contributed by atoms with E-state index in [0.717, 1.165) is 0 Å². The fourth-order valence-corrected chi connectivity index (χ4v) is 1.84. The Hall–Kier alpha value is -1.41. The first kappa shape index (κ1) is 9.68. The molecule has 0 aromatic carbocycles. The fraction of sp³-hybridized carbons (Fsp3) is 0.250. The molecular formula is C8H9N2O2S+. The lowest BCUT2D eigenvalue weighted by molar-refractivity contribution is -0.382. The van der Waals surface area contributed by atoms with Crippen molar-refractivity contribution in [3.05, 3.63) is 18.6 Å². The van der Waals surface area contributed by atoms with Gasteiger partial charge in [0.05, 0.1) is 11.9 Å². The molecule has 0 aliphatic carbocycles. The summed E-state index contributed by atoms with van der Waals surface area (Å²) in [5.41, 5.74) is 0. The molecular weight excluding hydrogens is 188 g/mol. The van der Waals surface area contributed by atoms with Crippen molar-refractivity contribution < 1.29 is 13.4 Å². The highest BCUT2D eigenvalue weighted by molar-refractivity contribution is 7.91. The molecule has 1 rings (SSSR count). The molecule has 4 nitrogen and oxygen atoms in total. The average molecular weight is 197 g/mol. The van der Waals surface area contributed by atoms with E-state index in [4.69, 9.17) is 6.42 Å². The Bertz CT molecular complexity index is 406. The Labute approximate surface area is 77.0 Å². The van der Waals surface area contributed by atoms with Crippen molar-refractivity contribution in [1.82, 2.24) is 4.98 Å². The second-order valence-electron chi connectivity index (χ2n) is 2.37. The summed E-state index contributed by atoms with van der Waals surface area (Å²) in [5, 5.41) is 0.0326. The van der Waals surface area contributed by atoms with Gasteiger partial charge in [0.15, 0.2) is 6.20 Å². The lowest BCUT2D eigenvalue weighted by Crippen LogP contribution is -2.12. The molecule has 0 amide bonds. The molecule has 0 saturated carbocycles. The maximum atomic E-state index is 11.4. The van der Waals surface area contributed by atoms with Crippen molar-refractivity contribution in [2.45, 2.75) is 11.4 Å². The van der Waals surface area contributed by atoms with Crippen molar-refractivity contribution in [1.29, 1.82) is 0 Å². The topological polar surface area (TPSA) is 61.2 Å².